The van der Waals surface area contributed by atoms with Gasteiger partial charge in [-0.05, 0) is 52.5 Å². The third kappa shape index (κ3) is 6.84. The summed E-state index contributed by atoms with van der Waals surface area (Å²) in [6, 6.07) is 0.342. The molecule has 1 heterocycles. The van der Waals surface area contributed by atoms with E-state index in [0.717, 1.165) is 45.6 Å². The highest BCUT2D eigenvalue weighted by atomic mass is 16.6. The first-order valence-corrected chi connectivity index (χ1v) is 9.72. The highest BCUT2D eigenvalue weighted by molar-refractivity contribution is 5.73. The molecule has 1 saturated carbocycles. The molecule has 2 rings (SSSR count). The van der Waals surface area contributed by atoms with Gasteiger partial charge in [-0.1, -0.05) is 12.8 Å². The molecule has 6 nitrogen and oxygen atoms in total. The summed E-state index contributed by atoms with van der Waals surface area (Å²) < 4.78 is 5.45. The topological polar surface area (TPSA) is 61.9 Å². The van der Waals surface area contributed by atoms with E-state index in [4.69, 9.17) is 4.74 Å². The number of hydrogen-bond acceptors (Lipinski definition) is 4. The van der Waals surface area contributed by atoms with E-state index in [9.17, 15) is 9.59 Å². The van der Waals surface area contributed by atoms with E-state index in [-0.39, 0.29) is 12.0 Å². The van der Waals surface area contributed by atoms with Gasteiger partial charge in [-0.25, -0.2) is 4.79 Å². The zero-order valence-electron chi connectivity index (χ0n) is 16.3. The fourth-order valence-electron chi connectivity index (χ4n) is 3.83. The molecule has 0 spiro atoms. The average molecular weight is 354 g/mol. The second-order valence-electron chi connectivity index (χ2n) is 8.45. The second-order valence-corrected chi connectivity index (χ2v) is 8.45. The Balaban J connectivity index is 1.72. The molecular formula is C19H35N3O3. The van der Waals surface area contributed by atoms with Crippen molar-refractivity contribution in [1.29, 1.82) is 0 Å². The highest BCUT2D eigenvalue weighted by Gasteiger charge is 2.28. The van der Waals surface area contributed by atoms with Gasteiger partial charge in [0.1, 0.15) is 5.60 Å². The predicted octanol–water partition coefficient (Wildman–Crippen LogP) is 2.62. The van der Waals surface area contributed by atoms with Crippen LogP contribution in [0.2, 0.25) is 0 Å². The summed E-state index contributed by atoms with van der Waals surface area (Å²) in [6.07, 6.45) is 5.73. The standard InChI is InChI=1S/C19H35N3O3/c1-15(23)20-17-8-6-5-7-16(17)9-10-21-11-13-22(14-12-21)18(24)25-19(2,3)4/h16-17H,5-14H2,1-4H3,(H,20,23). The van der Waals surface area contributed by atoms with E-state index >= 15 is 0 Å². The molecule has 0 aromatic rings. The van der Waals surface area contributed by atoms with Crippen molar-refractivity contribution < 1.29 is 14.3 Å². The SMILES string of the molecule is CC(=O)NC1CCCCC1CCN1CCN(C(=O)OC(C)(C)C)CC1. The Hall–Kier alpha value is -1.30. The first-order chi connectivity index (χ1) is 11.7. The van der Waals surface area contributed by atoms with Crippen LogP contribution in [0.4, 0.5) is 4.79 Å². The fraction of sp³-hybridized carbons (Fsp3) is 0.895. The quantitative estimate of drug-likeness (QED) is 0.844. The minimum atomic E-state index is -0.437. The Morgan fingerprint density at radius 3 is 2.32 bits per heavy atom. The van der Waals surface area contributed by atoms with Crippen molar-refractivity contribution in [2.24, 2.45) is 5.92 Å². The normalized spacial score (nSPS) is 25.5. The molecule has 2 unspecified atom stereocenters. The molecule has 0 aromatic heterocycles. The van der Waals surface area contributed by atoms with E-state index in [0.29, 0.717) is 12.0 Å². The number of carbonyl (C=O) groups excluding carboxylic acids is 2. The van der Waals surface area contributed by atoms with Crippen LogP contribution in [0, 0.1) is 5.92 Å². The van der Waals surface area contributed by atoms with Crippen molar-refractivity contribution in [3.8, 4) is 0 Å². The lowest BCUT2D eigenvalue weighted by Gasteiger charge is -2.37. The summed E-state index contributed by atoms with van der Waals surface area (Å²) in [6.45, 7) is 11.6. The molecule has 1 aliphatic carbocycles. The molecular weight excluding hydrogens is 318 g/mol. The second kappa shape index (κ2) is 8.88. The molecule has 2 atom stereocenters. The van der Waals surface area contributed by atoms with E-state index < -0.39 is 5.60 Å². The van der Waals surface area contributed by atoms with Crippen molar-refractivity contribution >= 4 is 12.0 Å². The molecule has 25 heavy (non-hydrogen) atoms. The summed E-state index contributed by atoms with van der Waals surface area (Å²) in [4.78, 5) is 27.7. The molecule has 0 radical (unpaired) electrons. The average Bonchev–Trinajstić information content (AvgIpc) is 2.52. The van der Waals surface area contributed by atoms with Crippen LogP contribution in [-0.2, 0) is 9.53 Å². The Morgan fingerprint density at radius 1 is 1.08 bits per heavy atom. The van der Waals surface area contributed by atoms with Gasteiger partial charge in [0.05, 0.1) is 0 Å². The van der Waals surface area contributed by atoms with Gasteiger partial charge < -0.3 is 15.0 Å². The highest BCUT2D eigenvalue weighted by Crippen LogP contribution is 2.27. The zero-order valence-corrected chi connectivity index (χ0v) is 16.3. The number of amides is 2. The van der Waals surface area contributed by atoms with Crippen LogP contribution in [0.3, 0.4) is 0 Å². The van der Waals surface area contributed by atoms with Crippen LogP contribution in [-0.4, -0.2) is 66.2 Å². The van der Waals surface area contributed by atoms with Gasteiger partial charge in [-0.2, -0.15) is 0 Å². The van der Waals surface area contributed by atoms with Crippen LogP contribution >= 0.6 is 0 Å². The summed E-state index contributed by atoms with van der Waals surface area (Å²) >= 11 is 0. The number of nitrogens with zero attached hydrogens (tertiary/aromatic N) is 2. The third-order valence-electron chi connectivity index (χ3n) is 5.14. The third-order valence-corrected chi connectivity index (χ3v) is 5.14. The Bertz CT molecular complexity index is 453. The lowest BCUT2D eigenvalue weighted by Crippen LogP contribution is -2.50. The maximum Gasteiger partial charge on any atom is 0.410 e. The number of piperazine rings is 1. The van der Waals surface area contributed by atoms with Crippen LogP contribution in [0.15, 0.2) is 0 Å². The van der Waals surface area contributed by atoms with E-state index in [1.54, 1.807) is 6.92 Å². The Morgan fingerprint density at radius 2 is 1.72 bits per heavy atom. The molecule has 2 aliphatic rings. The molecule has 1 aliphatic heterocycles. The van der Waals surface area contributed by atoms with E-state index in [1.165, 1.54) is 19.3 Å². The molecule has 144 valence electrons. The van der Waals surface area contributed by atoms with Gasteiger partial charge in [0, 0.05) is 39.1 Å². The molecule has 1 saturated heterocycles. The number of hydrogen-bond donors (Lipinski definition) is 1. The van der Waals surface area contributed by atoms with Crippen molar-refractivity contribution in [2.75, 3.05) is 32.7 Å². The van der Waals surface area contributed by atoms with Crippen molar-refractivity contribution in [1.82, 2.24) is 15.1 Å². The summed E-state index contributed by atoms with van der Waals surface area (Å²) in [5.41, 5.74) is -0.437. The smallest absolute Gasteiger partial charge is 0.410 e. The maximum atomic E-state index is 12.1. The lowest BCUT2D eigenvalue weighted by atomic mass is 9.82. The van der Waals surface area contributed by atoms with Crippen molar-refractivity contribution in [2.45, 2.75) is 71.4 Å². The van der Waals surface area contributed by atoms with Crippen LogP contribution in [0.5, 0.6) is 0 Å². The van der Waals surface area contributed by atoms with E-state index in [1.807, 2.05) is 25.7 Å². The number of carbonyl (C=O) groups is 2. The zero-order chi connectivity index (χ0) is 18.4. The maximum absolute atomic E-state index is 12.1. The van der Waals surface area contributed by atoms with Gasteiger partial charge in [-0.15, -0.1) is 0 Å². The fourth-order valence-corrected chi connectivity index (χ4v) is 3.83. The minimum absolute atomic E-state index is 0.0860. The Kier molecular flexibility index (Phi) is 7.11. The van der Waals surface area contributed by atoms with Gasteiger partial charge in [0.2, 0.25) is 5.91 Å². The predicted molar refractivity (Wildman–Crippen MR) is 98.4 cm³/mol. The number of nitrogens with one attached hydrogen (secondary N) is 1. The first kappa shape index (κ1) is 20.0. The van der Waals surface area contributed by atoms with Crippen LogP contribution < -0.4 is 5.32 Å². The number of rotatable bonds is 4. The minimum Gasteiger partial charge on any atom is -0.444 e. The molecule has 1 N–H and O–H groups in total. The first-order valence-electron chi connectivity index (χ1n) is 9.72. The van der Waals surface area contributed by atoms with Gasteiger partial charge in [0.25, 0.3) is 0 Å². The molecule has 2 fully saturated rings. The van der Waals surface area contributed by atoms with Crippen molar-refractivity contribution in [3.05, 3.63) is 0 Å². The summed E-state index contributed by atoms with van der Waals surface area (Å²) in [5.74, 6) is 0.671. The van der Waals surface area contributed by atoms with Crippen LogP contribution in [0.1, 0.15) is 59.8 Å². The summed E-state index contributed by atoms with van der Waals surface area (Å²) in [7, 11) is 0. The molecule has 0 aromatic carbocycles. The van der Waals surface area contributed by atoms with Crippen LogP contribution in [0.25, 0.3) is 0 Å². The monoisotopic (exact) mass is 353 g/mol. The van der Waals surface area contributed by atoms with Gasteiger partial charge in [0.15, 0.2) is 0 Å². The Labute approximate surface area is 152 Å². The largest absolute Gasteiger partial charge is 0.444 e. The molecule has 2 amide bonds. The van der Waals surface area contributed by atoms with Gasteiger partial charge in [-0.3, -0.25) is 9.69 Å². The lowest BCUT2D eigenvalue weighted by molar-refractivity contribution is -0.120. The van der Waals surface area contributed by atoms with E-state index in [2.05, 4.69) is 10.2 Å². The number of ether oxygens (including phenoxy) is 1. The molecule has 6 heteroatoms. The summed E-state index contributed by atoms with van der Waals surface area (Å²) in [5, 5.41) is 3.14. The van der Waals surface area contributed by atoms with Crippen molar-refractivity contribution in [3.63, 3.8) is 0 Å². The van der Waals surface area contributed by atoms with Gasteiger partial charge >= 0.3 is 6.09 Å². The molecule has 0 bridgehead atoms.